The molecule has 0 unspecified atom stereocenters. The first kappa shape index (κ1) is 15.8. The first-order valence-electron chi connectivity index (χ1n) is 7.32. The van der Waals surface area contributed by atoms with Crippen molar-refractivity contribution >= 4 is 17.5 Å². The summed E-state index contributed by atoms with van der Waals surface area (Å²) in [5.41, 5.74) is 3.46. The van der Waals surface area contributed by atoms with Crippen molar-refractivity contribution < 1.29 is 9.59 Å². The molecule has 2 N–H and O–H groups in total. The summed E-state index contributed by atoms with van der Waals surface area (Å²) < 4.78 is 0. The van der Waals surface area contributed by atoms with Gasteiger partial charge in [0.2, 0.25) is 5.91 Å². The van der Waals surface area contributed by atoms with E-state index in [0.717, 1.165) is 12.0 Å². The van der Waals surface area contributed by atoms with Crippen molar-refractivity contribution in [1.82, 2.24) is 5.32 Å². The van der Waals surface area contributed by atoms with Gasteiger partial charge in [0.05, 0.1) is 6.42 Å². The van der Waals surface area contributed by atoms with Crippen LogP contribution in [0.2, 0.25) is 0 Å². The van der Waals surface area contributed by atoms with Crippen LogP contribution in [0.5, 0.6) is 0 Å². The zero-order valence-corrected chi connectivity index (χ0v) is 12.8. The van der Waals surface area contributed by atoms with E-state index < -0.39 is 0 Å². The topological polar surface area (TPSA) is 58.2 Å². The number of anilines is 1. The van der Waals surface area contributed by atoms with Gasteiger partial charge in [-0.3, -0.25) is 9.59 Å². The van der Waals surface area contributed by atoms with Gasteiger partial charge in [-0.25, -0.2) is 0 Å². The third-order valence-electron chi connectivity index (χ3n) is 3.48. The number of amides is 2. The molecule has 0 saturated heterocycles. The maximum atomic E-state index is 12.1. The molecule has 0 heterocycles. The SMILES string of the molecule is CCc1ccc(C(=O)Nc2ccc(CC(=O)NC)cc2)cc1. The Labute approximate surface area is 130 Å². The fraction of sp³-hybridized carbons (Fsp3) is 0.222. The van der Waals surface area contributed by atoms with Crippen LogP contribution in [0.15, 0.2) is 48.5 Å². The van der Waals surface area contributed by atoms with Gasteiger partial charge in [0.15, 0.2) is 0 Å². The minimum Gasteiger partial charge on any atom is -0.359 e. The molecule has 0 atom stereocenters. The summed E-state index contributed by atoms with van der Waals surface area (Å²) in [6, 6.07) is 14.9. The molecule has 0 aliphatic carbocycles. The Hall–Kier alpha value is -2.62. The van der Waals surface area contributed by atoms with Crippen molar-refractivity contribution in [3.05, 3.63) is 65.2 Å². The van der Waals surface area contributed by atoms with Crippen LogP contribution in [-0.4, -0.2) is 18.9 Å². The number of aryl methyl sites for hydroxylation is 1. The predicted octanol–water partition coefficient (Wildman–Crippen LogP) is 2.79. The van der Waals surface area contributed by atoms with E-state index in [-0.39, 0.29) is 11.8 Å². The van der Waals surface area contributed by atoms with Crippen molar-refractivity contribution in [3.8, 4) is 0 Å². The third kappa shape index (κ3) is 4.19. The maximum absolute atomic E-state index is 12.1. The van der Waals surface area contributed by atoms with Crippen LogP contribution < -0.4 is 10.6 Å². The van der Waals surface area contributed by atoms with Gasteiger partial charge in [-0.1, -0.05) is 31.2 Å². The van der Waals surface area contributed by atoms with Crippen molar-refractivity contribution in [1.29, 1.82) is 0 Å². The number of likely N-dealkylation sites (N-methyl/N-ethyl adjacent to an activating group) is 1. The molecule has 0 fully saturated rings. The second-order valence-electron chi connectivity index (χ2n) is 5.05. The summed E-state index contributed by atoms with van der Waals surface area (Å²) in [7, 11) is 1.61. The third-order valence-corrected chi connectivity index (χ3v) is 3.48. The van der Waals surface area contributed by atoms with Crippen molar-refractivity contribution in [2.75, 3.05) is 12.4 Å². The van der Waals surface area contributed by atoms with E-state index in [4.69, 9.17) is 0 Å². The van der Waals surface area contributed by atoms with Gasteiger partial charge in [-0.2, -0.15) is 0 Å². The number of nitrogens with one attached hydrogen (secondary N) is 2. The van der Waals surface area contributed by atoms with Gasteiger partial charge in [-0.05, 0) is 41.8 Å². The highest BCUT2D eigenvalue weighted by Gasteiger charge is 2.06. The second kappa shape index (κ2) is 7.41. The average molecular weight is 296 g/mol. The summed E-state index contributed by atoms with van der Waals surface area (Å²) in [5, 5.41) is 5.43. The molecule has 0 saturated carbocycles. The molecule has 4 heteroatoms. The minimum atomic E-state index is -0.137. The minimum absolute atomic E-state index is 0.0344. The number of hydrogen-bond donors (Lipinski definition) is 2. The molecular formula is C18H20N2O2. The lowest BCUT2D eigenvalue weighted by atomic mass is 10.1. The Bertz CT molecular complexity index is 646. The summed E-state index contributed by atoms with van der Waals surface area (Å²) >= 11 is 0. The predicted molar refractivity (Wildman–Crippen MR) is 88.0 cm³/mol. The number of rotatable bonds is 5. The van der Waals surface area contributed by atoms with Gasteiger partial charge < -0.3 is 10.6 Å². The Kier molecular flexibility index (Phi) is 5.31. The number of carbonyl (C=O) groups excluding carboxylic acids is 2. The van der Waals surface area contributed by atoms with Gasteiger partial charge in [0.1, 0.15) is 0 Å². The lowest BCUT2D eigenvalue weighted by Gasteiger charge is -2.07. The summed E-state index contributed by atoms with van der Waals surface area (Å²) in [5.74, 6) is -0.172. The molecule has 0 aliphatic rings. The van der Waals surface area contributed by atoms with Crippen LogP contribution in [0.4, 0.5) is 5.69 Å². The van der Waals surface area contributed by atoms with Crippen LogP contribution >= 0.6 is 0 Å². The Morgan fingerprint density at radius 1 is 0.909 bits per heavy atom. The fourth-order valence-electron chi connectivity index (χ4n) is 2.07. The first-order valence-corrected chi connectivity index (χ1v) is 7.32. The molecule has 0 aliphatic heterocycles. The van der Waals surface area contributed by atoms with Crippen LogP contribution in [0, 0.1) is 0 Å². The van der Waals surface area contributed by atoms with E-state index in [2.05, 4.69) is 17.6 Å². The standard InChI is InChI=1S/C18H20N2O2/c1-3-13-4-8-15(9-5-13)18(22)20-16-10-6-14(7-11-16)12-17(21)19-2/h4-11H,3,12H2,1-2H3,(H,19,21)(H,20,22). The van der Waals surface area contributed by atoms with Crippen LogP contribution in [0.1, 0.15) is 28.4 Å². The highest BCUT2D eigenvalue weighted by molar-refractivity contribution is 6.04. The molecule has 4 nitrogen and oxygen atoms in total. The normalized spacial score (nSPS) is 10.1. The zero-order chi connectivity index (χ0) is 15.9. The Morgan fingerprint density at radius 2 is 1.50 bits per heavy atom. The number of hydrogen-bond acceptors (Lipinski definition) is 2. The van der Waals surface area contributed by atoms with E-state index in [1.54, 1.807) is 19.2 Å². The smallest absolute Gasteiger partial charge is 0.255 e. The summed E-state index contributed by atoms with van der Waals surface area (Å²) in [4.78, 5) is 23.4. The van der Waals surface area contributed by atoms with E-state index in [0.29, 0.717) is 17.7 Å². The van der Waals surface area contributed by atoms with Crippen LogP contribution in [0.25, 0.3) is 0 Å². The molecule has 0 radical (unpaired) electrons. The van der Waals surface area contributed by atoms with E-state index in [1.165, 1.54) is 5.56 Å². The second-order valence-corrected chi connectivity index (χ2v) is 5.05. The average Bonchev–Trinajstić information content (AvgIpc) is 2.56. The lowest BCUT2D eigenvalue weighted by molar-refractivity contribution is -0.119. The van der Waals surface area contributed by atoms with Gasteiger partial charge in [-0.15, -0.1) is 0 Å². The van der Waals surface area contributed by atoms with Crippen LogP contribution in [-0.2, 0) is 17.6 Å². The molecule has 0 spiro atoms. The highest BCUT2D eigenvalue weighted by atomic mass is 16.2. The Morgan fingerprint density at radius 3 is 2.05 bits per heavy atom. The Balaban J connectivity index is 2.00. The largest absolute Gasteiger partial charge is 0.359 e. The van der Waals surface area contributed by atoms with Crippen molar-refractivity contribution in [3.63, 3.8) is 0 Å². The molecule has 22 heavy (non-hydrogen) atoms. The molecule has 0 bridgehead atoms. The molecule has 114 valence electrons. The highest BCUT2D eigenvalue weighted by Crippen LogP contribution is 2.12. The van der Waals surface area contributed by atoms with Gasteiger partial charge >= 0.3 is 0 Å². The summed E-state index contributed by atoms with van der Waals surface area (Å²) in [6.07, 6.45) is 1.29. The monoisotopic (exact) mass is 296 g/mol. The van der Waals surface area contributed by atoms with Crippen molar-refractivity contribution in [2.24, 2.45) is 0 Å². The van der Waals surface area contributed by atoms with Gasteiger partial charge in [0, 0.05) is 18.3 Å². The fourth-order valence-corrected chi connectivity index (χ4v) is 2.07. The van der Waals surface area contributed by atoms with E-state index >= 15 is 0 Å². The molecule has 2 rings (SSSR count). The number of benzene rings is 2. The maximum Gasteiger partial charge on any atom is 0.255 e. The lowest BCUT2D eigenvalue weighted by Crippen LogP contribution is -2.19. The molecule has 2 amide bonds. The van der Waals surface area contributed by atoms with E-state index in [1.807, 2.05) is 36.4 Å². The molecule has 2 aromatic rings. The van der Waals surface area contributed by atoms with Crippen LogP contribution in [0.3, 0.4) is 0 Å². The quantitative estimate of drug-likeness (QED) is 0.891. The first-order chi connectivity index (χ1) is 10.6. The number of carbonyl (C=O) groups is 2. The zero-order valence-electron chi connectivity index (χ0n) is 12.8. The molecular weight excluding hydrogens is 276 g/mol. The molecule has 0 aromatic heterocycles. The van der Waals surface area contributed by atoms with Gasteiger partial charge in [0.25, 0.3) is 5.91 Å². The van der Waals surface area contributed by atoms with Crippen molar-refractivity contribution in [2.45, 2.75) is 19.8 Å². The summed E-state index contributed by atoms with van der Waals surface area (Å²) in [6.45, 7) is 2.08. The molecule has 2 aromatic carbocycles. The van der Waals surface area contributed by atoms with E-state index in [9.17, 15) is 9.59 Å².